The molecule has 0 saturated carbocycles. The summed E-state index contributed by atoms with van der Waals surface area (Å²) in [5.74, 6) is -0.257. The molecule has 4 heteroatoms. The van der Waals surface area contributed by atoms with Crippen LogP contribution in [-0.4, -0.2) is 11.2 Å². The van der Waals surface area contributed by atoms with E-state index >= 15 is 0 Å². The summed E-state index contributed by atoms with van der Waals surface area (Å²) < 4.78 is 12.8. The van der Waals surface area contributed by atoms with Crippen molar-refractivity contribution in [2.45, 2.75) is 6.92 Å². The van der Waals surface area contributed by atoms with Crippen LogP contribution in [0.1, 0.15) is 11.3 Å². The van der Waals surface area contributed by atoms with E-state index < -0.39 is 0 Å². The minimum atomic E-state index is -0.257. The first kappa shape index (κ1) is 12.4. The van der Waals surface area contributed by atoms with E-state index in [1.807, 2.05) is 25.1 Å². The van der Waals surface area contributed by atoms with Crippen molar-refractivity contribution in [3.05, 3.63) is 65.6 Å². The molecule has 1 heterocycles. The number of hydrogen-bond donors (Lipinski definition) is 2. The van der Waals surface area contributed by atoms with Crippen molar-refractivity contribution < 1.29 is 4.39 Å². The highest BCUT2D eigenvalue weighted by atomic mass is 19.1. The number of rotatable bonds is 3. The number of anilines is 1. The van der Waals surface area contributed by atoms with Gasteiger partial charge in [0.15, 0.2) is 0 Å². The highest BCUT2D eigenvalue weighted by molar-refractivity contribution is 6.00. The molecule has 0 aliphatic heterocycles. The number of hydrazone groups is 1. The van der Waals surface area contributed by atoms with Gasteiger partial charge < -0.3 is 4.98 Å². The smallest absolute Gasteiger partial charge is 0.123 e. The van der Waals surface area contributed by atoms with Gasteiger partial charge in [-0.2, -0.15) is 5.10 Å². The molecule has 0 saturated heterocycles. The largest absolute Gasteiger partial charge is 0.358 e. The topological polar surface area (TPSA) is 40.2 Å². The van der Waals surface area contributed by atoms with Crippen LogP contribution < -0.4 is 5.43 Å². The summed E-state index contributed by atoms with van der Waals surface area (Å²) in [5, 5.41) is 5.34. The lowest BCUT2D eigenvalue weighted by molar-refractivity contribution is 0.628. The number of nitrogens with one attached hydrogen (secondary N) is 2. The maximum atomic E-state index is 12.8. The number of para-hydroxylation sites is 1. The second-order valence-electron chi connectivity index (χ2n) is 4.59. The van der Waals surface area contributed by atoms with E-state index in [-0.39, 0.29) is 5.82 Å². The average Bonchev–Trinajstić information content (AvgIpc) is 2.77. The fourth-order valence-electron chi connectivity index (χ4n) is 2.16. The van der Waals surface area contributed by atoms with Gasteiger partial charge in [-0.3, -0.25) is 5.43 Å². The zero-order chi connectivity index (χ0) is 13.9. The van der Waals surface area contributed by atoms with Gasteiger partial charge in [0.1, 0.15) is 5.82 Å². The van der Waals surface area contributed by atoms with Crippen LogP contribution in [0.5, 0.6) is 0 Å². The van der Waals surface area contributed by atoms with Crippen molar-refractivity contribution in [2.24, 2.45) is 5.10 Å². The molecule has 0 amide bonds. The molecule has 2 N–H and O–H groups in total. The van der Waals surface area contributed by atoms with E-state index in [1.165, 1.54) is 12.1 Å². The number of aromatic nitrogens is 1. The molecule has 0 aliphatic carbocycles. The molecule has 0 atom stereocenters. The standard InChI is InChI=1S/C16H14FN3/c1-11-15(14-4-2-3-5-16(14)19-11)10-18-20-13-8-6-12(17)7-9-13/h2-10,19-20H,1H3/b18-10+. The SMILES string of the molecule is Cc1[nH]c2ccccc2c1/C=N/Nc1ccc(F)cc1. The van der Waals surface area contributed by atoms with Gasteiger partial charge in [-0.05, 0) is 37.3 Å². The Kier molecular flexibility index (Phi) is 3.21. The maximum absolute atomic E-state index is 12.8. The Morgan fingerprint density at radius 3 is 2.65 bits per heavy atom. The summed E-state index contributed by atoms with van der Waals surface area (Å²) in [6.07, 6.45) is 1.78. The minimum Gasteiger partial charge on any atom is -0.358 e. The number of halogens is 1. The van der Waals surface area contributed by atoms with Crippen LogP contribution in [0.25, 0.3) is 10.9 Å². The van der Waals surface area contributed by atoms with E-state index in [4.69, 9.17) is 0 Å². The summed E-state index contributed by atoms with van der Waals surface area (Å²) in [6.45, 7) is 2.01. The van der Waals surface area contributed by atoms with Gasteiger partial charge >= 0.3 is 0 Å². The van der Waals surface area contributed by atoms with Crippen LogP contribution in [0.4, 0.5) is 10.1 Å². The molecule has 0 bridgehead atoms. The van der Waals surface area contributed by atoms with E-state index in [9.17, 15) is 4.39 Å². The van der Waals surface area contributed by atoms with Gasteiger partial charge in [0.2, 0.25) is 0 Å². The Bertz CT molecular complexity index is 757. The first-order valence-electron chi connectivity index (χ1n) is 6.36. The average molecular weight is 267 g/mol. The monoisotopic (exact) mass is 267 g/mol. The molecular weight excluding hydrogens is 253 g/mol. The second kappa shape index (κ2) is 5.17. The molecule has 3 rings (SSSR count). The molecule has 2 aromatic carbocycles. The molecule has 0 unspecified atom stereocenters. The van der Waals surface area contributed by atoms with Crippen LogP contribution >= 0.6 is 0 Å². The van der Waals surface area contributed by atoms with Crippen LogP contribution in [0.15, 0.2) is 53.6 Å². The first-order chi connectivity index (χ1) is 9.74. The zero-order valence-corrected chi connectivity index (χ0v) is 11.0. The molecule has 3 aromatic rings. The Labute approximate surface area is 116 Å². The van der Waals surface area contributed by atoms with Gasteiger partial charge in [0.05, 0.1) is 11.9 Å². The van der Waals surface area contributed by atoms with Crippen molar-refractivity contribution in [1.29, 1.82) is 0 Å². The number of H-pyrrole nitrogens is 1. The molecule has 20 heavy (non-hydrogen) atoms. The zero-order valence-electron chi connectivity index (χ0n) is 11.0. The molecule has 0 spiro atoms. The van der Waals surface area contributed by atoms with Gasteiger partial charge in [-0.1, -0.05) is 18.2 Å². The number of fused-ring (bicyclic) bond motifs is 1. The third kappa shape index (κ3) is 2.40. The number of nitrogens with zero attached hydrogens (tertiary/aromatic N) is 1. The van der Waals surface area contributed by atoms with Crippen LogP contribution in [-0.2, 0) is 0 Å². The fraction of sp³-hybridized carbons (Fsp3) is 0.0625. The molecule has 3 nitrogen and oxygen atoms in total. The third-order valence-electron chi connectivity index (χ3n) is 3.17. The summed E-state index contributed by atoms with van der Waals surface area (Å²) in [4.78, 5) is 3.31. The molecule has 0 fully saturated rings. The van der Waals surface area contributed by atoms with Crippen LogP contribution in [0, 0.1) is 12.7 Å². The Hall–Kier alpha value is -2.62. The maximum Gasteiger partial charge on any atom is 0.123 e. The Balaban J connectivity index is 1.84. The normalized spacial score (nSPS) is 11.3. The molecule has 0 radical (unpaired) electrons. The lowest BCUT2D eigenvalue weighted by Crippen LogP contribution is -1.91. The predicted octanol–water partition coefficient (Wildman–Crippen LogP) is 4.06. The van der Waals surface area contributed by atoms with Crippen molar-refractivity contribution in [3.8, 4) is 0 Å². The van der Waals surface area contributed by atoms with Crippen LogP contribution in [0.2, 0.25) is 0 Å². The van der Waals surface area contributed by atoms with Gasteiger partial charge in [-0.25, -0.2) is 4.39 Å². The quantitative estimate of drug-likeness (QED) is 0.545. The third-order valence-corrected chi connectivity index (χ3v) is 3.17. The number of hydrogen-bond acceptors (Lipinski definition) is 2. The van der Waals surface area contributed by atoms with Gasteiger partial charge in [-0.15, -0.1) is 0 Å². The highest BCUT2D eigenvalue weighted by Gasteiger charge is 2.04. The van der Waals surface area contributed by atoms with Crippen molar-refractivity contribution >= 4 is 22.8 Å². The molecule has 0 aliphatic rings. The number of aryl methyl sites for hydroxylation is 1. The van der Waals surface area contributed by atoms with Crippen LogP contribution in [0.3, 0.4) is 0 Å². The van der Waals surface area contributed by atoms with Crippen molar-refractivity contribution in [3.63, 3.8) is 0 Å². The minimum absolute atomic E-state index is 0.257. The molecule has 1 aromatic heterocycles. The first-order valence-corrected chi connectivity index (χ1v) is 6.36. The Morgan fingerprint density at radius 2 is 1.85 bits per heavy atom. The van der Waals surface area contributed by atoms with Crippen molar-refractivity contribution in [1.82, 2.24) is 4.98 Å². The van der Waals surface area contributed by atoms with Gasteiger partial charge in [0.25, 0.3) is 0 Å². The van der Waals surface area contributed by atoms with Gasteiger partial charge in [0, 0.05) is 22.2 Å². The number of aromatic amines is 1. The Morgan fingerprint density at radius 1 is 1.10 bits per heavy atom. The molecular formula is C16H14FN3. The lowest BCUT2D eigenvalue weighted by Gasteiger charge is -1.99. The number of benzene rings is 2. The summed E-state index contributed by atoms with van der Waals surface area (Å²) >= 11 is 0. The molecule has 100 valence electrons. The summed E-state index contributed by atoms with van der Waals surface area (Å²) in [5.41, 5.74) is 6.85. The van der Waals surface area contributed by atoms with E-state index in [2.05, 4.69) is 21.6 Å². The van der Waals surface area contributed by atoms with E-state index in [0.29, 0.717) is 0 Å². The van der Waals surface area contributed by atoms with E-state index in [1.54, 1.807) is 18.3 Å². The predicted molar refractivity (Wildman–Crippen MR) is 80.7 cm³/mol. The second-order valence-corrected chi connectivity index (χ2v) is 4.59. The fourth-order valence-corrected chi connectivity index (χ4v) is 2.16. The highest BCUT2D eigenvalue weighted by Crippen LogP contribution is 2.20. The van der Waals surface area contributed by atoms with E-state index in [0.717, 1.165) is 27.8 Å². The summed E-state index contributed by atoms with van der Waals surface area (Å²) in [6, 6.07) is 14.2. The lowest BCUT2D eigenvalue weighted by atomic mass is 10.1. The van der Waals surface area contributed by atoms with Crippen molar-refractivity contribution in [2.75, 3.05) is 5.43 Å². The summed E-state index contributed by atoms with van der Waals surface area (Å²) in [7, 11) is 0.